The number of ether oxygens (including phenoxy) is 1. The number of likely N-dealkylation sites (tertiary alicyclic amines) is 1. The summed E-state index contributed by atoms with van der Waals surface area (Å²) in [5.74, 6) is 0.402. The monoisotopic (exact) mass is 356 g/mol. The van der Waals surface area contributed by atoms with Crippen molar-refractivity contribution in [3.8, 4) is 5.75 Å². The molecule has 0 bridgehead atoms. The summed E-state index contributed by atoms with van der Waals surface area (Å²) in [5, 5.41) is 2.98. The summed E-state index contributed by atoms with van der Waals surface area (Å²) in [6.07, 6.45) is 4.30. The van der Waals surface area contributed by atoms with Crippen LogP contribution in [0.3, 0.4) is 0 Å². The second-order valence-corrected chi connectivity index (χ2v) is 6.62. The maximum absolute atomic E-state index is 12.9. The van der Waals surface area contributed by atoms with Gasteiger partial charge in [0.1, 0.15) is 18.2 Å². The Balaban J connectivity index is 1.59. The van der Waals surface area contributed by atoms with Crippen LogP contribution in [0.4, 0.5) is 14.9 Å². The van der Waals surface area contributed by atoms with Crippen LogP contribution >= 0.6 is 0 Å². The number of nitrogens with zero attached hydrogens (tertiary/aromatic N) is 1. The Morgan fingerprint density at radius 1 is 1.23 bits per heavy atom. The van der Waals surface area contributed by atoms with Crippen LogP contribution in [0.15, 0.2) is 48.5 Å². The molecule has 1 aliphatic heterocycles. The van der Waals surface area contributed by atoms with Crippen LogP contribution in [0.25, 0.3) is 0 Å². The number of hydrogen-bond donors (Lipinski definition) is 1. The second kappa shape index (κ2) is 8.70. The summed E-state index contributed by atoms with van der Waals surface area (Å²) < 4.78 is 18.7. The molecule has 1 fully saturated rings. The number of amides is 2. The SMILES string of the molecule is CC[C@H]1CCCCN1C(=O)Nc1cccc(OCc2ccc(F)cc2)c1. The number of carbonyl (C=O) groups is 1. The van der Waals surface area contributed by atoms with Gasteiger partial charge in [0.2, 0.25) is 0 Å². The largest absolute Gasteiger partial charge is 0.489 e. The van der Waals surface area contributed by atoms with Gasteiger partial charge in [0.05, 0.1) is 0 Å². The van der Waals surface area contributed by atoms with Gasteiger partial charge in [-0.3, -0.25) is 0 Å². The normalized spacial score (nSPS) is 17.0. The lowest BCUT2D eigenvalue weighted by Crippen LogP contribution is -2.45. The van der Waals surface area contributed by atoms with Crippen LogP contribution in [0.5, 0.6) is 5.75 Å². The lowest BCUT2D eigenvalue weighted by molar-refractivity contribution is 0.160. The lowest BCUT2D eigenvalue weighted by Gasteiger charge is -2.35. The van der Waals surface area contributed by atoms with Gasteiger partial charge in [-0.2, -0.15) is 0 Å². The molecule has 26 heavy (non-hydrogen) atoms. The number of carbonyl (C=O) groups excluding carboxylic acids is 1. The lowest BCUT2D eigenvalue weighted by atomic mass is 10.0. The first-order chi connectivity index (χ1) is 12.7. The van der Waals surface area contributed by atoms with E-state index in [0.717, 1.165) is 31.4 Å². The Bertz CT molecular complexity index is 733. The maximum atomic E-state index is 12.9. The van der Waals surface area contributed by atoms with Crippen LogP contribution in [0.1, 0.15) is 38.2 Å². The van der Waals surface area contributed by atoms with Crippen molar-refractivity contribution in [1.82, 2.24) is 4.90 Å². The number of halogens is 1. The van der Waals surface area contributed by atoms with E-state index in [2.05, 4.69) is 12.2 Å². The molecular formula is C21H25FN2O2. The summed E-state index contributed by atoms with van der Waals surface area (Å²) in [5.41, 5.74) is 1.60. The van der Waals surface area contributed by atoms with Crippen molar-refractivity contribution in [2.75, 3.05) is 11.9 Å². The van der Waals surface area contributed by atoms with E-state index in [1.165, 1.54) is 18.6 Å². The Hall–Kier alpha value is -2.56. The van der Waals surface area contributed by atoms with Gasteiger partial charge in [0, 0.05) is 24.3 Å². The van der Waals surface area contributed by atoms with E-state index in [0.29, 0.717) is 24.1 Å². The van der Waals surface area contributed by atoms with Gasteiger partial charge in [-0.15, -0.1) is 0 Å². The molecule has 1 saturated heterocycles. The molecule has 1 atom stereocenters. The molecule has 138 valence electrons. The number of benzene rings is 2. The number of hydrogen-bond acceptors (Lipinski definition) is 2. The van der Waals surface area contributed by atoms with E-state index in [-0.39, 0.29) is 11.8 Å². The molecule has 2 aromatic carbocycles. The molecule has 2 amide bonds. The van der Waals surface area contributed by atoms with E-state index >= 15 is 0 Å². The summed E-state index contributed by atoms with van der Waals surface area (Å²) in [6, 6.07) is 13.9. The van der Waals surface area contributed by atoms with E-state index in [9.17, 15) is 9.18 Å². The van der Waals surface area contributed by atoms with E-state index < -0.39 is 0 Å². The maximum Gasteiger partial charge on any atom is 0.322 e. The molecule has 1 aliphatic rings. The first-order valence-corrected chi connectivity index (χ1v) is 9.20. The van der Waals surface area contributed by atoms with Gasteiger partial charge >= 0.3 is 6.03 Å². The van der Waals surface area contributed by atoms with Gasteiger partial charge < -0.3 is 15.0 Å². The Morgan fingerprint density at radius 2 is 2.04 bits per heavy atom. The highest BCUT2D eigenvalue weighted by molar-refractivity contribution is 5.89. The molecule has 0 unspecified atom stereocenters. The predicted octanol–water partition coefficient (Wildman–Crippen LogP) is 5.20. The average Bonchev–Trinajstić information content (AvgIpc) is 2.68. The third-order valence-corrected chi connectivity index (χ3v) is 4.76. The Morgan fingerprint density at radius 3 is 2.81 bits per heavy atom. The molecule has 1 heterocycles. The predicted molar refractivity (Wildman–Crippen MR) is 101 cm³/mol. The average molecular weight is 356 g/mol. The number of anilines is 1. The van der Waals surface area contributed by atoms with Gasteiger partial charge in [-0.1, -0.05) is 25.1 Å². The molecule has 1 N–H and O–H groups in total. The van der Waals surface area contributed by atoms with Crippen LogP contribution in [0.2, 0.25) is 0 Å². The minimum atomic E-state index is -0.262. The van der Waals surface area contributed by atoms with E-state index in [1.54, 1.807) is 12.1 Å². The van der Waals surface area contributed by atoms with Crippen molar-refractivity contribution in [2.24, 2.45) is 0 Å². The van der Waals surface area contributed by atoms with Crippen molar-refractivity contribution in [2.45, 2.75) is 45.3 Å². The number of nitrogens with one attached hydrogen (secondary N) is 1. The van der Waals surface area contributed by atoms with Crippen molar-refractivity contribution in [1.29, 1.82) is 0 Å². The zero-order valence-corrected chi connectivity index (χ0v) is 15.1. The molecule has 0 aromatic heterocycles. The zero-order chi connectivity index (χ0) is 18.4. The highest BCUT2D eigenvalue weighted by Gasteiger charge is 2.25. The fourth-order valence-corrected chi connectivity index (χ4v) is 3.30. The van der Waals surface area contributed by atoms with Crippen molar-refractivity contribution >= 4 is 11.7 Å². The minimum absolute atomic E-state index is 0.0489. The number of piperidine rings is 1. The Kier molecular flexibility index (Phi) is 6.10. The molecular weight excluding hydrogens is 331 g/mol. The van der Waals surface area contributed by atoms with Gasteiger partial charge in [0.25, 0.3) is 0 Å². The third kappa shape index (κ3) is 4.75. The van der Waals surface area contributed by atoms with Crippen molar-refractivity contribution in [3.05, 3.63) is 59.9 Å². The molecule has 3 rings (SSSR count). The smallest absolute Gasteiger partial charge is 0.322 e. The van der Waals surface area contributed by atoms with Crippen LogP contribution < -0.4 is 10.1 Å². The van der Waals surface area contributed by atoms with Gasteiger partial charge in [-0.05, 0) is 55.5 Å². The first kappa shape index (κ1) is 18.2. The minimum Gasteiger partial charge on any atom is -0.489 e. The molecule has 0 radical (unpaired) electrons. The van der Waals surface area contributed by atoms with Crippen molar-refractivity contribution in [3.63, 3.8) is 0 Å². The van der Waals surface area contributed by atoms with Crippen LogP contribution in [-0.2, 0) is 6.61 Å². The number of rotatable bonds is 5. The molecule has 0 aliphatic carbocycles. The van der Waals surface area contributed by atoms with Crippen LogP contribution in [0, 0.1) is 5.82 Å². The summed E-state index contributed by atoms with van der Waals surface area (Å²) in [4.78, 5) is 14.5. The zero-order valence-electron chi connectivity index (χ0n) is 15.1. The summed E-state index contributed by atoms with van der Waals surface area (Å²) >= 11 is 0. The van der Waals surface area contributed by atoms with Crippen LogP contribution in [-0.4, -0.2) is 23.5 Å². The highest BCUT2D eigenvalue weighted by Crippen LogP contribution is 2.23. The van der Waals surface area contributed by atoms with E-state index in [1.807, 2.05) is 29.2 Å². The fourth-order valence-electron chi connectivity index (χ4n) is 3.30. The quantitative estimate of drug-likeness (QED) is 0.800. The third-order valence-electron chi connectivity index (χ3n) is 4.76. The Labute approximate surface area is 154 Å². The fraction of sp³-hybridized carbons (Fsp3) is 0.381. The van der Waals surface area contributed by atoms with Crippen molar-refractivity contribution < 1.29 is 13.9 Å². The topological polar surface area (TPSA) is 41.6 Å². The summed E-state index contributed by atoms with van der Waals surface area (Å²) in [6.45, 7) is 3.28. The molecule has 4 nitrogen and oxygen atoms in total. The second-order valence-electron chi connectivity index (χ2n) is 6.62. The number of urea groups is 1. The van der Waals surface area contributed by atoms with Gasteiger partial charge in [-0.25, -0.2) is 9.18 Å². The molecule has 5 heteroatoms. The molecule has 0 spiro atoms. The molecule has 2 aromatic rings. The van der Waals surface area contributed by atoms with Gasteiger partial charge in [0.15, 0.2) is 0 Å². The summed E-state index contributed by atoms with van der Waals surface area (Å²) in [7, 11) is 0. The first-order valence-electron chi connectivity index (χ1n) is 9.20. The standard InChI is InChI=1S/C21H25FN2O2/c1-2-19-7-3-4-13-24(19)21(25)23-18-6-5-8-20(14-18)26-15-16-9-11-17(22)12-10-16/h5-6,8-12,14,19H,2-4,7,13,15H2,1H3,(H,23,25)/t19-/m0/s1. The highest BCUT2D eigenvalue weighted by atomic mass is 19.1. The van der Waals surface area contributed by atoms with E-state index in [4.69, 9.17) is 4.74 Å². The molecule has 0 saturated carbocycles.